The van der Waals surface area contributed by atoms with Gasteiger partial charge in [0.25, 0.3) is 0 Å². The summed E-state index contributed by atoms with van der Waals surface area (Å²) in [4.78, 5) is 18.9. The van der Waals surface area contributed by atoms with Crippen molar-refractivity contribution < 1.29 is 4.79 Å². The van der Waals surface area contributed by atoms with E-state index < -0.39 is 0 Å². The molecule has 2 rings (SSSR count). The van der Waals surface area contributed by atoms with Crippen LogP contribution < -0.4 is 0 Å². The number of hydrogen-bond acceptors (Lipinski definition) is 3. The van der Waals surface area contributed by atoms with E-state index in [1.807, 2.05) is 0 Å². The van der Waals surface area contributed by atoms with Crippen LogP contribution in [0.15, 0.2) is 0 Å². The van der Waals surface area contributed by atoms with Gasteiger partial charge in [-0.2, -0.15) is 0 Å². The van der Waals surface area contributed by atoms with Crippen molar-refractivity contribution in [2.75, 3.05) is 52.9 Å². The first-order chi connectivity index (χ1) is 8.25. The van der Waals surface area contributed by atoms with Gasteiger partial charge in [0.1, 0.15) is 0 Å². The van der Waals surface area contributed by atoms with Crippen LogP contribution in [0.5, 0.6) is 0 Å². The van der Waals surface area contributed by atoms with E-state index in [9.17, 15) is 4.79 Å². The lowest BCUT2D eigenvalue weighted by molar-refractivity contribution is -0.132. The van der Waals surface area contributed by atoms with Crippen molar-refractivity contribution in [3.8, 4) is 0 Å². The SMILES string of the molecule is CN1CCN(CC(=O)N2CCCCCC2)CC1. The maximum absolute atomic E-state index is 12.2. The molecule has 4 heteroatoms. The number of amides is 1. The molecule has 17 heavy (non-hydrogen) atoms. The number of piperazine rings is 1. The van der Waals surface area contributed by atoms with Crippen LogP contribution in [0.1, 0.15) is 25.7 Å². The fourth-order valence-corrected chi connectivity index (χ4v) is 2.62. The molecule has 0 spiro atoms. The molecule has 2 fully saturated rings. The molecule has 0 bridgehead atoms. The van der Waals surface area contributed by atoms with E-state index in [2.05, 4.69) is 21.7 Å². The molecular formula is C13H25N3O. The van der Waals surface area contributed by atoms with Crippen LogP contribution in [0, 0.1) is 0 Å². The Balaban J connectivity index is 1.75. The Bertz CT molecular complexity index is 241. The molecule has 2 saturated heterocycles. The van der Waals surface area contributed by atoms with Gasteiger partial charge in [-0.15, -0.1) is 0 Å². The van der Waals surface area contributed by atoms with Crippen molar-refractivity contribution in [3.05, 3.63) is 0 Å². The van der Waals surface area contributed by atoms with Gasteiger partial charge in [0.2, 0.25) is 5.91 Å². The molecule has 0 N–H and O–H groups in total. The zero-order valence-electron chi connectivity index (χ0n) is 11.0. The lowest BCUT2D eigenvalue weighted by Crippen LogP contribution is -2.49. The van der Waals surface area contributed by atoms with Gasteiger partial charge in [0.05, 0.1) is 6.54 Å². The first kappa shape index (κ1) is 12.8. The minimum atomic E-state index is 0.344. The van der Waals surface area contributed by atoms with E-state index in [1.165, 1.54) is 25.7 Å². The number of likely N-dealkylation sites (tertiary alicyclic amines) is 1. The highest BCUT2D eigenvalue weighted by atomic mass is 16.2. The Morgan fingerprint density at radius 1 is 0.882 bits per heavy atom. The van der Waals surface area contributed by atoms with Crippen LogP contribution in [0.4, 0.5) is 0 Å². The summed E-state index contributed by atoms with van der Waals surface area (Å²) in [5, 5.41) is 0. The summed E-state index contributed by atoms with van der Waals surface area (Å²) in [6.07, 6.45) is 4.96. The lowest BCUT2D eigenvalue weighted by atomic mass is 10.2. The van der Waals surface area contributed by atoms with Crippen molar-refractivity contribution >= 4 is 5.91 Å². The highest BCUT2D eigenvalue weighted by Gasteiger charge is 2.20. The Hall–Kier alpha value is -0.610. The maximum Gasteiger partial charge on any atom is 0.236 e. The molecule has 4 nitrogen and oxygen atoms in total. The minimum absolute atomic E-state index is 0.344. The normalized spacial score (nSPS) is 24.6. The monoisotopic (exact) mass is 239 g/mol. The minimum Gasteiger partial charge on any atom is -0.342 e. The van der Waals surface area contributed by atoms with Crippen LogP contribution in [0.25, 0.3) is 0 Å². The molecule has 0 radical (unpaired) electrons. The largest absolute Gasteiger partial charge is 0.342 e. The second-order valence-electron chi connectivity index (χ2n) is 5.37. The summed E-state index contributed by atoms with van der Waals surface area (Å²) >= 11 is 0. The predicted molar refractivity (Wildman–Crippen MR) is 69.0 cm³/mol. The first-order valence-corrected chi connectivity index (χ1v) is 6.94. The molecule has 0 saturated carbocycles. The Kier molecular flexibility index (Phi) is 4.80. The van der Waals surface area contributed by atoms with E-state index in [-0.39, 0.29) is 0 Å². The molecule has 98 valence electrons. The van der Waals surface area contributed by atoms with Crippen molar-refractivity contribution in [1.82, 2.24) is 14.7 Å². The third-order valence-corrected chi connectivity index (χ3v) is 3.91. The summed E-state index contributed by atoms with van der Waals surface area (Å²) in [6.45, 7) is 6.85. The van der Waals surface area contributed by atoms with Crippen LogP contribution in [-0.4, -0.2) is 73.5 Å². The molecule has 1 amide bonds. The van der Waals surface area contributed by atoms with Crippen LogP contribution in [0.2, 0.25) is 0 Å². The molecule has 0 aromatic carbocycles. The van der Waals surface area contributed by atoms with Gasteiger partial charge in [-0.1, -0.05) is 12.8 Å². The number of nitrogens with zero attached hydrogens (tertiary/aromatic N) is 3. The fraction of sp³-hybridized carbons (Fsp3) is 0.923. The van der Waals surface area contributed by atoms with Crippen molar-refractivity contribution in [2.45, 2.75) is 25.7 Å². The quantitative estimate of drug-likeness (QED) is 0.707. The predicted octanol–water partition coefficient (Wildman–Crippen LogP) is 0.636. The van der Waals surface area contributed by atoms with Crippen LogP contribution in [-0.2, 0) is 4.79 Å². The zero-order chi connectivity index (χ0) is 12.1. The topological polar surface area (TPSA) is 26.8 Å². The second kappa shape index (κ2) is 6.36. The van der Waals surface area contributed by atoms with E-state index in [1.54, 1.807) is 0 Å². The highest BCUT2D eigenvalue weighted by Crippen LogP contribution is 2.10. The smallest absolute Gasteiger partial charge is 0.236 e. The Morgan fingerprint density at radius 2 is 1.47 bits per heavy atom. The number of carbonyl (C=O) groups is 1. The third-order valence-electron chi connectivity index (χ3n) is 3.91. The van der Waals surface area contributed by atoms with Gasteiger partial charge < -0.3 is 9.80 Å². The Morgan fingerprint density at radius 3 is 2.06 bits per heavy atom. The molecule has 2 aliphatic heterocycles. The number of carbonyl (C=O) groups excluding carboxylic acids is 1. The van der Waals surface area contributed by atoms with Gasteiger partial charge in [0.15, 0.2) is 0 Å². The second-order valence-corrected chi connectivity index (χ2v) is 5.37. The van der Waals surface area contributed by atoms with Crippen molar-refractivity contribution in [3.63, 3.8) is 0 Å². The summed E-state index contributed by atoms with van der Waals surface area (Å²) < 4.78 is 0. The molecule has 2 aliphatic rings. The third kappa shape index (κ3) is 3.96. The number of likely N-dealkylation sites (N-methyl/N-ethyl adjacent to an activating group) is 1. The number of hydrogen-bond donors (Lipinski definition) is 0. The maximum atomic E-state index is 12.2. The molecular weight excluding hydrogens is 214 g/mol. The summed E-state index contributed by atoms with van der Waals surface area (Å²) in [5.41, 5.74) is 0. The average Bonchev–Trinajstić information content (AvgIpc) is 2.61. The molecule has 0 atom stereocenters. The highest BCUT2D eigenvalue weighted by molar-refractivity contribution is 5.78. The summed E-state index contributed by atoms with van der Waals surface area (Å²) in [5.74, 6) is 0.344. The molecule has 0 aromatic heterocycles. The van der Waals surface area contributed by atoms with Crippen LogP contribution >= 0.6 is 0 Å². The molecule has 0 aliphatic carbocycles. The van der Waals surface area contributed by atoms with E-state index in [0.717, 1.165) is 39.3 Å². The van der Waals surface area contributed by atoms with Gasteiger partial charge in [-0.05, 0) is 19.9 Å². The van der Waals surface area contributed by atoms with Crippen LogP contribution in [0.3, 0.4) is 0 Å². The lowest BCUT2D eigenvalue weighted by Gasteiger charge is -2.33. The van der Waals surface area contributed by atoms with Crippen molar-refractivity contribution in [2.24, 2.45) is 0 Å². The Labute approximate surface area is 105 Å². The zero-order valence-corrected chi connectivity index (χ0v) is 11.0. The molecule has 2 heterocycles. The van der Waals surface area contributed by atoms with E-state index in [0.29, 0.717) is 12.5 Å². The van der Waals surface area contributed by atoms with E-state index in [4.69, 9.17) is 0 Å². The van der Waals surface area contributed by atoms with Gasteiger partial charge >= 0.3 is 0 Å². The average molecular weight is 239 g/mol. The van der Waals surface area contributed by atoms with Gasteiger partial charge in [0, 0.05) is 39.3 Å². The first-order valence-electron chi connectivity index (χ1n) is 6.94. The summed E-state index contributed by atoms with van der Waals surface area (Å²) in [7, 11) is 2.15. The number of rotatable bonds is 2. The standard InChI is InChI=1S/C13H25N3O/c1-14-8-10-15(11-9-14)12-13(17)16-6-4-2-3-5-7-16/h2-12H2,1H3. The molecule has 0 aromatic rings. The summed E-state index contributed by atoms with van der Waals surface area (Å²) in [6, 6.07) is 0. The van der Waals surface area contributed by atoms with Crippen molar-refractivity contribution in [1.29, 1.82) is 0 Å². The van der Waals surface area contributed by atoms with Gasteiger partial charge in [-0.3, -0.25) is 9.69 Å². The van der Waals surface area contributed by atoms with E-state index >= 15 is 0 Å². The van der Waals surface area contributed by atoms with Gasteiger partial charge in [-0.25, -0.2) is 0 Å². The fourth-order valence-electron chi connectivity index (χ4n) is 2.62. The molecule has 0 unspecified atom stereocenters.